The van der Waals surface area contributed by atoms with E-state index in [1.54, 1.807) is 41.6 Å². The Labute approximate surface area is 208 Å². The van der Waals surface area contributed by atoms with Crippen LogP contribution in [0.15, 0.2) is 42.7 Å². The molecule has 1 saturated heterocycles. The molecule has 0 unspecified atom stereocenters. The Morgan fingerprint density at radius 2 is 1.72 bits per heavy atom. The quantitative estimate of drug-likeness (QED) is 0.424. The van der Waals surface area contributed by atoms with Gasteiger partial charge >= 0.3 is 0 Å². The van der Waals surface area contributed by atoms with Crippen LogP contribution in [0.2, 0.25) is 0 Å². The van der Waals surface area contributed by atoms with E-state index in [9.17, 15) is 19.7 Å². The molecule has 2 aromatic heterocycles. The highest BCUT2D eigenvalue weighted by atomic mass is 16.6. The molecule has 0 aliphatic carbocycles. The topological polar surface area (TPSA) is 139 Å². The minimum Gasteiger partial charge on any atom is -0.362 e. The molecule has 0 bridgehead atoms. The van der Waals surface area contributed by atoms with Crippen molar-refractivity contribution in [2.45, 2.75) is 33.1 Å². The lowest BCUT2D eigenvalue weighted by Crippen LogP contribution is -2.48. The van der Waals surface area contributed by atoms with Gasteiger partial charge in [0.1, 0.15) is 11.5 Å². The molecule has 2 amide bonds. The molecule has 1 N–H and O–H groups in total. The molecule has 0 saturated carbocycles. The minimum absolute atomic E-state index is 0.0223. The molecule has 1 aromatic carbocycles. The molecule has 0 radical (unpaired) electrons. The Balaban J connectivity index is 1.61. The van der Waals surface area contributed by atoms with Gasteiger partial charge in [-0.2, -0.15) is 9.78 Å². The molecule has 1 fully saturated rings. The molecule has 12 nitrogen and oxygen atoms in total. The van der Waals surface area contributed by atoms with Crippen LogP contribution in [0.5, 0.6) is 0 Å². The highest BCUT2D eigenvalue weighted by Gasteiger charge is 2.27. The number of nitro benzene ring substituents is 1. The van der Waals surface area contributed by atoms with Gasteiger partial charge in [-0.25, -0.2) is 9.97 Å². The van der Waals surface area contributed by atoms with E-state index in [2.05, 4.69) is 20.4 Å². The number of benzene rings is 1. The van der Waals surface area contributed by atoms with E-state index in [1.165, 1.54) is 17.7 Å². The van der Waals surface area contributed by atoms with Crippen molar-refractivity contribution in [3.63, 3.8) is 0 Å². The number of hydrogen-bond acceptors (Lipinski definition) is 8. The van der Waals surface area contributed by atoms with Crippen molar-refractivity contribution >= 4 is 29.0 Å². The van der Waals surface area contributed by atoms with Gasteiger partial charge in [0.25, 0.3) is 17.5 Å². The summed E-state index contributed by atoms with van der Waals surface area (Å²) in [5, 5.41) is 19.2. The van der Waals surface area contributed by atoms with Crippen molar-refractivity contribution in [1.82, 2.24) is 24.6 Å². The fraction of sp³-hybridized carbons (Fsp3) is 0.375. The first-order valence-corrected chi connectivity index (χ1v) is 11.5. The van der Waals surface area contributed by atoms with Gasteiger partial charge in [0.2, 0.25) is 5.91 Å². The van der Waals surface area contributed by atoms with Crippen LogP contribution < -0.4 is 10.2 Å². The molecule has 3 heterocycles. The summed E-state index contributed by atoms with van der Waals surface area (Å²) in [5.41, 5.74) is 0.793. The maximum absolute atomic E-state index is 13.2. The Hall–Kier alpha value is -4.35. The van der Waals surface area contributed by atoms with Gasteiger partial charge in [-0.1, -0.05) is 20.8 Å². The minimum atomic E-state index is -0.524. The third-order valence-corrected chi connectivity index (χ3v) is 5.96. The summed E-state index contributed by atoms with van der Waals surface area (Å²) in [6, 6.07) is 7.82. The first-order valence-electron chi connectivity index (χ1n) is 11.5. The zero-order valence-electron chi connectivity index (χ0n) is 20.6. The van der Waals surface area contributed by atoms with E-state index in [1.807, 2.05) is 25.7 Å². The predicted octanol–water partition coefficient (Wildman–Crippen LogP) is 2.79. The predicted molar refractivity (Wildman–Crippen MR) is 133 cm³/mol. The van der Waals surface area contributed by atoms with Gasteiger partial charge < -0.3 is 15.1 Å². The number of carbonyl (C=O) groups excluding carboxylic acids is 2. The number of piperazine rings is 1. The molecule has 1 aliphatic rings. The van der Waals surface area contributed by atoms with Crippen molar-refractivity contribution in [2.24, 2.45) is 0 Å². The first kappa shape index (κ1) is 24.8. The first-order chi connectivity index (χ1) is 17.0. The number of rotatable bonds is 5. The van der Waals surface area contributed by atoms with Crippen molar-refractivity contribution in [3.8, 4) is 5.95 Å². The molecule has 4 rings (SSSR count). The van der Waals surface area contributed by atoms with Crippen LogP contribution in [0, 0.1) is 10.1 Å². The highest BCUT2D eigenvalue weighted by Crippen LogP contribution is 2.31. The van der Waals surface area contributed by atoms with Gasteiger partial charge in [-0.05, 0) is 18.2 Å². The molecular formula is C24H28N8O4. The summed E-state index contributed by atoms with van der Waals surface area (Å²) >= 11 is 0. The number of anilines is 2. The summed E-state index contributed by atoms with van der Waals surface area (Å²) < 4.78 is 1.44. The van der Waals surface area contributed by atoms with E-state index in [0.717, 1.165) is 5.69 Å². The molecule has 1 aliphatic heterocycles. The molecule has 188 valence electrons. The van der Waals surface area contributed by atoms with E-state index >= 15 is 0 Å². The van der Waals surface area contributed by atoms with Crippen LogP contribution in [-0.2, 0) is 10.2 Å². The number of carbonyl (C=O) groups is 2. The second-order valence-corrected chi connectivity index (χ2v) is 9.53. The number of amides is 2. The Morgan fingerprint density at radius 3 is 2.31 bits per heavy atom. The summed E-state index contributed by atoms with van der Waals surface area (Å²) in [6.45, 7) is 9.40. The number of nitro groups is 1. The lowest BCUT2D eigenvalue weighted by molar-refractivity contribution is -0.384. The summed E-state index contributed by atoms with van der Waals surface area (Å²) in [7, 11) is 0. The summed E-state index contributed by atoms with van der Waals surface area (Å²) in [6.07, 6.45) is 3.15. The lowest BCUT2D eigenvalue weighted by atomic mass is 9.92. The lowest BCUT2D eigenvalue weighted by Gasteiger charge is -2.35. The monoisotopic (exact) mass is 492 g/mol. The third kappa shape index (κ3) is 5.16. The Kier molecular flexibility index (Phi) is 6.69. The van der Waals surface area contributed by atoms with Crippen molar-refractivity contribution < 1.29 is 14.5 Å². The maximum atomic E-state index is 13.2. The summed E-state index contributed by atoms with van der Waals surface area (Å²) in [4.78, 5) is 48.1. The van der Waals surface area contributed by atoms with Crippen molar-refractivity contribution in [1.29, 1.82) is 0 Å². The van der Waals surface area contributed by atoms with E-state index in [0.29, 0.717) is 37.7 Å². The largest absolute Gasteiger partial charge is 0.362 e. The fourth-order valence-corrected chi connectivity index (χ4v) is 3.92. The van der Waals surface area contributed by atoms with Crippen LogP contribution in [-0.4, -0.2) is 67.6 Å². The van der Waals surface area contributed by atoms with Gasteiger partial charge in [0.05, 0.1) is 10.6 Å². The number of nitrogens with one attached hydrogen (secondary N) is 1. The fourth-order valence-electron chi connectivity index (χ4n) is 3.92. The van der Waals surface area contributed by atoms with Crippen LogP contribution in [0.1, 0.15) is 43.7 Å². The maximum Gasteiger partial charge on any atom is 0.293 e. The molecule has 0 spiro atoms. The average molecular weight is 493 g/mol. The molecular weight excluding hydrogens is 464 g/mol. The van der Waals surface area contributed by atoms with Crippen LogP contribution in [0.3, 0.4) is 0 Å². The van der Waals surface area contributed by atoms with Crippen LogP contribution in [0.25, 0.3) is 5.95 Å². The number of nitrogens with zero attached hydrogens (tertiary/aromatic N) is 7. The number of aromatic nitrogens is 4. The van der Waals surface area contributed by atoms with Crippen LogP contribution >= 0.6 is 0 Å². The standard InChI is InChI=1S/C24H28N8O4/c1-16(33)29-10-12-30(13-11-29)18-7-6-17(14-19(18)32(35)36)22(34)27-21-15-20(24(2,3)4)28-31(21)23-25-8-5-9-26-23/h5-9,14-15H,10-13H2,1-4H3,(H,27,34). The van der Waals surface area contributed by atoms with Gasteiger partial charge in [-0.3, -0.25) is 19.7 Å². The third-order valence-electron chi connectivity index (χ3n) is 5.96. The SMILES string of the molecule is CC(=O)N1CCN(c2ccc(C(=O)Nc3cc(C(C)(C)C)nn3-c3ncccn3)cc2[N+](=O)[O-])CC1. The second kappa shape index (κ2) is 9.72. The smallest absolute Gasteiger partial charge is 0.293 e. The normalized spacial score (nSPS) is 14.0. The van der Waals surface area contributed by atoms with E-state index in [4.69, 9.17) is 0 Å². The average Bonchev–Trinajstić information content (AvgIpc) is 3.28. The van der Waals surface area contributed by atoms with Gasteiger partial charge in [0.15, 0.2) is 0 Å². The van der Waals surface area contributed by atoms with Crippen LogP contribution in [0.4, 0.5) is 17.2 Å². The molecule has 3 aromatic rings. The number of hydrogen-bond donors (Lipinski definition) is 1. The molecule has 0 atom stereocenters. The van der Waals surface area contributed by atoms with E-state index in [-0.39, 0.29) is 28.5 Å². The van der Waals surface area contributed by atoms with E-state index < -0.39 is 10.8 Å². The highest BCUT2D eigenvalue weighted by molar-refractivity contribution is 6.04. The molecule has 36 heavy (non-hydrogen) atoms. The zero-order chi connectivity index (χ0) is 26.0. The molecule has 12 heteroatoms. The van der Waals surface area contributed by atoms with Gasteiger partial charge in [-0.15, -0.1) is 0 Å². The Morgan fingerprint density at radius 1 is 1.06 bits per heavy atom. The Bertz CT molecular complexity index is 1290. The van der Waals surface area contributed by atoms with Crippen molar-refractivity contribution in [2.75, 3.05) is 36.4 Å². The zero-order valence-corrected chi connectivity index (χ0v) is 20.6. The van der Waals surface area contributed by atoms with Gasteiger partial charge in [0, 0.05) is 68.6 Å². The van der Waals surface area contributed by atoms with Crippen molar-refractivity contribution in [3.05, 3.63) is 64.1 Å². The summed E-state index contributed by atoms with van der Waals surface area (Å²) in [5.74, 6) is 0.0899. The second-order valence-electron chi connectivity index (χ2n) is 9.53.